The number of aliphatic hydroxyl groups excluding tert-OH is 4. The van der Waals surface area contributed by atoms with Crippen LogP contribution in [0.3, 0.4) is 0 Å². The number of aliphatic hydroxyl groups is 4. The van der Waals surface area contributed by atoms with Gasteiger partial charge in [0.05, 0.1) is 0 Å². The molecule has 0 saturated carbocycles. The standard InChI is InChI=1S/C8H13NO10S/c1-3(11)9-8-5(13)4(12)7(2-10,17-6(8)14)18-20(15,16)19-8/h4-6,10,12-14H,2H2,1H3,(H,9,11)/t4-,5-,6?,7-,8-/m1/s1. The van der Waals surface area contributed by atoms with Crippen LogP contribution >= 0.6 is 0 Å². The fourth-order valence-electron chi connectivity index (χ4n) is 2.07. The predicted octanol–water partition coefficient (Wildman–Crippen LogP) is -4.13. The Hall–Kier alpha value is -0.860. The molecule has 5 N–H and O–H groups in total. The minimum Gasteiger partial charge on any atom is -0.391 e. The lowest BCUT2D eigenvalue weighted by atomic mass is 9.91. The van der Waals surface area contributed by atoms with Gasteiger partial charge in [-0.25, -0.2) is 8.37 Å². The van der Waals surface area contributed by atoms with Gasteiger partial charge in [-0.05, 0) is 0 Å². The van der Waals surface area contributed by atoms with Crippen LogP contribution in [0.2, 0.25) is 0 Å². The number of fused-ring (bicyclic) bond motifs is 4. The molecule has 3 fully saturated rings. The van der Waals surface area contributed by atoms with E-state index in [9.17, 15) is 28.5 Å². The van der Waals surface area contributed by atoms with Gasteiger partial charge in [-0.1, -0.05) is 0 Å². The van der Waals surface area contributed by atoms with Crippen molar-refractivity contribution in [2.75, 3.05) is 6.61 Å². The topological polar surface area (TPSA) is 172 Å². The molecule has 12 heteroatoms. The molecule has 3 rings (SSSR count). The highest BCUT2D eigenvalue weighted by Gasteiger charge is 2.70. The van der Waals surface area contributed by atoms with Gasteiger partial charge in [0.25, 0.3) is 0 Å². The Morgan fingerprint density at radius 1 is 1.25 bits per heavy atom. The van der Waals surface area contributed by atoms with Crippen molar-refractivity contribution in [3.05, 3.63) is 0 Å². The fraction of sp³-hybridized carbons (Fsp3) is 0.875. The van der Waals surface area contributed by atoms with Gasteiger partial charge in [-0.3, -0.25) is 4.79 Å². The summed E-state index contributed by atoms with van der Waals surface area (Å²) in [5, 5.41) is 40.6. The largest absolute Gasteiger partial charge is 0.405 e. The number of ether oxygens (including phenoxy) is 1. The Balaban J connectivity index is 2.60. The third-order valence-electron chi connectivity index (χ3n) is 2.94. The minimum absolute atomic E-state index is 0.882. The van der Waals surface area contributed by atoms with Crippen molar-refractivity contribution in [3.8, 4) is 0 Å². The van der Waals surface area contributed by atoms with E-state index < -0.39 is 52.9 Å². The van der Waals surface area contributed by atoms with Crippen LogP contribution in [-0.2, 0) is 28.3 Å². The Morgan fingerprint density at radius 2 is 1.85 bits per heavy atom. The molecule has 0 aromatic rings. The third-order valence-corrected chi connectivity index (χ3v) is 3.91. The first kappa shape index (κ1) is 15.5. The fourth-order valence-corrected chi connectivity index (χ4v) is 3.20. The number of carbonyl (C=O) groups excluding carboxylic acids is 1. The molecule has 1 unspecified atom stereocenters. The molecule has 3 aliphatic rings. The first-order chi connectivity index (χ1) is 9.08. The highest BCUT2D eigenvalue weighted by atomic mass is 32.3. The second-order valence-electron chi connectivity index (χ2n) is 4.38. The average molecular weight is 315 g/mol. The van der Waals surface area contributed by atoms with Gasteiger partial charge in [-0.2, -0.15) is 8.42 Å². The summed E-state index contributed by atoms with van der Waals surface area (Å²) >= 11 is 0. The van der Waals surface area contributed by atoms with Gasteiger partial charge in [0.2, 0.25) is 23.7 Å². The summed E-state index contributed by atoms with van der Waals surface area (Å²) in [5.41, 5.74) is -2.70. The van der Waals surface area contributed by atoms with Crippen LogP contribution < -0.4 is 5.32 Å². The van der Waals surface area contributed by atoms with Gasteiger partial charge in [0.15, 0.2) is 0 Å². The zero-order valence-corrected chi connectivity index (χ0v) is 10.9. The first-order valence-electron chi connectivity index (χ1n) is 5.36. The average Bonchev–Trinajstić information content (AvgIpc) is 2.43. The highest BCUT2D eigenvalue weighted by molar-refractivity contribution is 7.82. The summed E-state index contributed by atoms with van der Waals surface area (Å²) in [4.78, 5) is 11.1. The van der Waals surface area contributed by atoms with Crippen molar-refractivity contribution in [3.63, 3.8) is 0 Å². The second kappa shape index (κ2) is 4.57. The summed E-state index contributed by atoms with van der Waals surface area (Å²) in [6.07, 6.45) is -6.51. The lowest BCUT2D eigenvalue weighted by Gasteiger charge is -2.47. The van der Waals surface area contributed by atoms with Crippen LogP contribution in [0.5, 0.6) is 0 Å². The molecule has 3 heterocycles. The second-order valence-corrected chi connectivity index (χ2v) is 5.53. The van der Waals surface area contributed by atoms with E-state index in [0.29, 0.717) is 0 Å². The van der Waals surface area contributed by atoms with Crippen molar-refractivity contribution in [1.82, 2.24) is 5.32 Å². The number of hydrogen-bond acceptors (Lipinski definition) is 10. The molecular formula is C8H13NO10S. The number of hydrogen-bond donors (Lipinski definition) is 5. The van der Waals surface area contributed by atoms with Crippen LogP contribution in [0.4, 0.5) is 0 Å². The molecule has 0 aromatic heterocycles. The van der Waals surface area contributed by atoms with E-state index in [2.05, 4.69) is 8.37 Å². The molecule has 0 spiro atoms. The molecule has 1 amide bonds. The lowest BCUT2D eigenvalue weighted by Crippen LogP contribution is -2.75. The summed E-state index contributed by atoms with van der Waals surface area (Å²) in [7, 11) is -4.91. The Bertz CT molecular complexity index is 521. The summed E-state index contributed by atoms with van der Waals surface area (Å²) < 4.78 is 36.7. The van der Waals surface area contributed by atoms with E-state index >= 15 is 0 Å². The van der Waals surface area contributed by atoms with Crippen molar-refractivity contribution >= 4 is 16.3 Å². The zero-order valence-electron chi connectivity index (χ0n) is 10.1. The quantitative estimate of drug-likeness (QED) is 0.337. The van der Waals surface area contributed by atoms with Gasteiger partial charge in [-0.15, -0.1) is 0 Å². The number of amides is 1. The lowest BCUT2D eigenvalue weighted by molar-refractivity contribution is -0.387. The minimum atomic E-state index is -4.91. The highest BCUT2D eigenvalue weighted by Crippen LogP contribution is 2.42. The molecule has 0 aliphatic carbocycles. The Labute approximate surface area is 113 Å². The summed E-state index contributed by atoms with van der Waals surface area (Å²) in [6.45, 7) is -0.253. The third kappa shape index (κ3) is 2.10. The number of carbonyl (C=O) groups is 1. The molecule has 3 saturated heterocycles. The van der Waals surface area contributed by atoms with Crippen molar-refractivity contribution in [1.29, 1.82) is 0 Å². The molecule has 116 valence electrons. The van der Waals surface area contributed by atoms with Gasteiger partial charge in [0.1, 0.15) is 18.8 Å². The molecule has 2 bridgehead atoms. The molecule has 5 atom stereocenters. The van der Waals surface area contributed by atoms with E-state index in [-0.39, 0.29) is 0 Å². The monoisotopic (exact) mass is 315 g/mol. The van der Waals surface area contributed by atoms with Crippen LogP contribution in [0.15, 0.2) is 0 Å². The van der Waals surface area contributed by atoms with E-state index in [0.717, 1.165) is 6.92 Å². The Kier molecular flexibility index (Phi) is 3.55. The van der Waals surface area contributed by atoms with Crippen molar-refractivity contribution in [2.45, 2.75) is 36.9 Å². The van der Waals surface area contributed by atoms with Crippen molar-refractivity contribution < 1.29 is 46.7 Å². The molecule has 0 aromatic carbocycles. The van der Waals surface area contributed by atoms with Gasteiger partial charge < -0.3 is 30.5 Å². The first-order valence-corrected chi connectivity index (χ1v) is 6.70. The summed E-state index contributed by atoms with van der Waals surface area (Å²) in [6, 6.07) is 0. The Morgan fingerprint density at radius 3 is 2.35 bits per heavy atom. The van der Waals surface area contributed by atoms with E-state index in [4.69, 9.17) is 9.84 Å². The number of nitrogens with one attached hydrogen (secondary N) is 1. The molecule has 0 radical (unpaired) electrons. The molecule has 3 aliphatic heterocycles. The SMILES string of the molecule is CC(=O)N[C@]12OS(=O)(=O)O[C@@](CO)(OC1O)[C@H](O)[C@H]2O. The maximum absolute atomic E-state index is 11.6. The van der Waals surface area contributed by atoms with E-state index in [1.54, 1.807) is 0 Å². The van der Waals surface area contributed by atoms with Crippen LogP contribution in [-0.4, -0.2) is 71.4 Å². The molecule has 11 nitrogen and oxygen atoms in total. The predicted molar refractivity (Wildman–Crippen MR) is 56.6 cm³/mol. The normalized spacial score (nSPS) is 46.8. The zero-order chi connectivity index (χ0) is 15.3. The van der Waals surface area contributed by atoms with Gasteiger partial charge in [0, 0.05) is 6.92 Å². The maximum Gasteiger partial charge on any atom is 0.405 e. The smallest absolute Gasteiger partial charge is 0.391 e. The maximum atomic E-state index is 11.6. The number of rotatable bonds is 2. The van der Waals surface area contributed by atoms with Crippen LogP contribution in [0.1, 0.15) is 6.92 Å². The van der Waals surface area contributed by atoms with Gasteiger partial charge >= 0.3 is 10.4 Å². The van der Waals surface area contributed by atoms with E-state index in [1.165, 1.54) is 0 Å². The van der Waals surface area contributed by atoms with Crippen LogP contribution in [0, 0.1) is 0 Å². The molecule has 20 heavy (non-hydrogen) atoms. The van der Waals surface area contributed by atoms with Crippen LogP contribution in [0.25, 0.3) is 0 Å². The van der Waals surface area contributed by atoms with E-state index in [1.807, 2.05) is 5.32 Å². The summed E-state index contributed by atoms with van der Waals surface area (Å²) in [5.74, 6) is -3.52. The van der Waals surface area contributed by atoms with Crippen molar-refractivity contribution in [2.24, 2.45) is 0 Å². The molecular weight excluding hydrogens is 302 g/mol.